The van der Waals surface area contributed by atoms with Crippen LogP contribution in [0.15, 0.2) is 42.5 Å². The van der Waals surface area contributed by atoms with E-state index in [2.05, 4.69) is 10.6 Å². The van der Waals surface area contributed by atoms with Crippen molar-refractivity contribution in [1.82, 2.24) is 0 Å². The van der Waals surface area contributed by atoms with Crippen molar-refractivity contribution in [3.8, 4) is 0 Å². The number of para-hydroxylation sites is 1. The smallest absolute Gasteiger partial charge is 0.243 e. The van der Waals surface area contributed by atoms with Crippen molar-refractivity contribution in [3.05, 3.63) is 57.5 Å². The molecule has 0 heterocycles. The highest BCUT2D eigenvalue weighted by molar-refractivity contribution is 6.35. The number of hydrogen-bond acceptors (Lipinski definition) is 2. The van der Waals surface area contributed by atoms with E-state index in [0.29, 0.717) is 26.4 Å². The monoisotopic (exact) mass is 328 g/mol. The molecule has 104 valence electrons. The van der Waals surface area contributed by atoms with E-state index < -0.39 is 0 Å². The standard InChI is InChI=1S/C14H11Cl3N2O/c15-9-5-6-11(17)13(7-9)18-8-14(20)19-12-4-2-1-3-10(12)16/h1-7,18H,8H2,(H,19,20). The van der Waals surface area contributed by atoms with Crippen LogP contribution >= 0.6 is 34.8 Å². The first-order valence-electron chi connectivity index (χ1n) is 5.79. The van der Waals surface area contributed by atoms with Gasteiger partial charge in [-0.1, -0.05) is 46.9 Å². The van der Waals surface area contributed by atoms with E-state index in [0.717, 1.165) is 0 Å². The number of halogens is 3. The van der Waals surface area contributed by atoms with Crippen molar-refractivity contribution in [2.45, 2.75) is 0 Å². The van der Waals surface area contributed by atoms with Crippen molar-refractivity contribution in [1.29, 1.82) is 0 Å². The summed E-state index contributed by atoms with van der Waals surface area (Å²) in [7, 11) is 0. The molecular weight excluding hydrogens is 319 g/mol. The number of carbonyl (C=O) groups excluding carboxylic acids is 1. The van der Waals surface area contributed by atoms with E-state index in [-0.39, 0.29) is 12.5 Å². The number of rotatable bonds is 4. The molecule has 3 nitrogen and oxygen atoms in total. The second kappa shape index (κ2) is 6.84. The molecule has 0 atom stereocenters. The second-order valence-electron chi connectivity index (χ2n) is 4.01. The maximum atomic E-state index is 11.8. The van der Waals surface area contributed by atoms with Crippen LogP contribution in [0.1, 0.15) is 0 Å². The third-order valence-corrected chi connectivity index (χ3v) is 3.41. The fourth-order valence-electron chi connectivity index (χ4n) is 1.57. The first-order chi connectivity index (χ1) is 9.56. The molecule has 2 aromatic rings. The highest BCUT2D eigenvalue weighted by Gasteiger charge is 2.07. The van der Waals surface area contributed by atoms with E-state index in [4.69, 9.17) is 34.8 Å². The summed E-state index contributed by atoms with van der Waals surface area (Å²) in [6, 6.07) is 12.0. The summed E-state index contributed by atoms with van der Waals surface area (Å²) in [6.45, 7) is 0.0608. The molecule has 0 saturated carbocycles. The van der Waals surface area contributed by atoms with Gasteiger partial charge in [-0.3, -0.25) is 4.79 Å². The molecule has 0 aliphatic heterocycles. The van der Waals surface area contributed by atoms with Gasteiger partial charge in [-0.25, -0.2) is 0 Å². The van der Waals surface area contributed by atoms with Gasteiger partial charge in [0, 0.05) is 5.02 Å². The fraction of sp³-hybridized carbons (Fsp3) is 0.0714. The summed E-state index contributed by atoms with van der Waals surface area (Å²) in [4.78, 5) is 11.8. The molecule has 20 heavy (non-hydrogen) atoms. The molecule has 2 rings (SSSR count). The first-order valence-corrected chi connectivity index (χ1v) is 6.93. The van der Waals surface area contributed by atoms with Crippen LogP contribution in [0.25, 0.3) is 0 Å². The maximum absolute atomic E-state index is 11.8. The normalized spacial score (nSPS) is 10.2. The molecule has 0 aromatic heterocycles. The van der Waals surface area contributed by atoms with Gasteiger partial charge in [0.15, 0.2) is 0 Å². The second-order valence-corrected chi connectivity index (χ2v) is 5.26. The first kappa shape index (κ1) is 15.0. The van der Waals surface area contributed by atoms with Gasteiger partial charge < -0.3 is 10.6 Å². The minimum atomic E-state index is -0.228. The Bertz CT molecular complexity index is 632. The van der Waals surface area contributed by atoms with E-state index in [1.165, 1.54) is 0 Å². The summed E-state index contributed by atoms with van der Waals surface area (Å²) in [5, 5.41) is 7.16. The highest BCUT2D eigenvalue weighted by atomic mass is 35.5. The lowest BCUT2D eigenvalue weighted by Crippen LogP contribution is -2.22. The van der Waals surface area contributed by atoms with Crippen molar-refractivity contribution in [2.75, 3.05) is 17.2 Å². The van der Waals surface area contributed by atoms with Crippen LogP contribution in [0.3, 0.4) is 0 Å². The van der Waals surface area contributed by atoms with Crippen LogP contribution in [-0.4, -0.2) is 12.5 Å². The molecule has 0 aliphatic carbocycles. The third-order valence-electron chi connectivity index (χ3n) is 2.52. The van der Waals surface area contributed by atoms with Crippen molar-refractivity contribution in [3.63, 3.8) is 0 Å². The minimum Gasteiger partial charge on any atom is -0.375 e. The molecule has 1 amide bonds. The zero-order chi connectivity index (χ0) is 14.5. The average Bonchev–Trinajstić information content (AvgIpc) is 2.42. The zero-order valence-electron chi connectivity index (χ0n) is 10.3. The van der Waals surface area contributed by atoms with Crippen molar-refractivity contribution < 1.29 is 4.79 Å². The largest absolute Gasteiger partial charge is 0.375 e. The van der Waals surface area contributed by atoms with Gasteiger partial charge in [-0.2, -0.15) is 0 Å². The van der Waals surface area contributed by atoms with Crippen molar-refractivity contribution >= 4 is 52.1 Å². The van der Waals surface area contributed by atoms with E-state index in [9.17, 15) is 4.79 Å². The van der Waals surface area contributed by atoms with Crippen LogP contribution in [0.2, 0.25) is 15.1 Å². The molecule has 0 fully saturated rings. The molecule has 0 aliphatic rings. The van der Waals surface area contributed by atoms with Crippen LogP contribution < -0.4 is 10.6 Å². The van der Waals surface area contributed by atoms with Crippen LogP contribution in [0.5, 0.6) is 0 Å². The number of amides is 1. The van der Waals surface area contributed by atoms with Crippen LogP contribution in [0, 0.1) is 0 Å². The Morgan fingerprint density at radius 2 is 1.65 bits per heavy atom. The van der Waals surface area contributed by atoms with Gasteiger partial charge in [0.25, 0.3) is 0 Å². The summed E-state index contributed by atoms with van der Waals surface area (Å²) < 4.78 is 0. The molecule has 0 unspecified atom stereocenters. The molecule has 0 spiro atoms. The number of benzene rings is 2. The predicted molar refractivity (Wildman–Crippen MR) is 85.0 cm³/mol. The Labute approximate surface area is 131 Å². The van der Waals surface area contributed by atoms with Gasteiger partial charge in [-0.05, 0) is 30.3 Å². The van der Waals surface area contributed by atoms with Gasteiger partial charge in [0.05, 0.1) is 28.0 Å². The number of carbonyl (C=O) groups is 1. The van der Waals surface area contributed by atoms with Gasteiger partial charge in [0.2, 0.25) is 5.91 Å². The molecular formula is C14H11Cl3N2O. The molecule has 0 bridgehead atoms. The molecule has 6 heteroatoms. The summed E-state index contributed by atoms with van der Waals surface area (Å²) >= 11 is 17.8. The van der Waals surface area contributed by atoms with Crippen molar-refractivity contribution in [2.24, 2.45) is 0 Å². The van der Waals surface area contributed by atoms with Crippen LogP contribution in [0.4, 0.5) is 11.4 Å². The fourth-order valence-corrected chi connectivity index (χ4v) is 2.10. The number of hydrogen-bond donors (Lipinski definition) is 2. The predicted octanol–water partition coefficient (Wildman–Crippen LogP) is 4.70. The van der Waals surface area contributed by atoms with E-state index in [1.807, 2.05) is 0 Å². The zero-order valence-corrected chi connectivity index (χ0v) is 12.6. The summed E-state index contributed by atoms with van der Waals surface area (Å²) in [6.07, 6.45) is 0. The molecule has 2 aromatic carbocycles. The van der Waals surface area contributed by atoms with Gasteiger partial charge in [-0.15, -0.1) is 0 Å². The minimum absolute atomic E-state index is 0.0608. The van der Waals surface area contributed by atoms with E-state index in [1.54, 1.807) is 42.5 Å². The Morgan fingerprint density at radius 3 is 2.40 bits per heavy atom. The number of anilines is 2. The lowest BCUT2D eigenvalue weighted by Gasteiger charge is -2.10. The Morgan fingerprint density at radius 1 is 0.950 bits per heavy atom. The molecule has 2 N–H and O–H groups in total. The Balaban J connectivity index is 1.96. The number of nitrogens with one attached hydrogen (secondary N) is 2. The quantitative estimate of drug-likeness (QED) is 0.854. The van der Waals surface area contributed by atoms with Gasteiger partial charge in [0.1, 0.15) is 0 Å². The highest BCUT2D eigenvalue weighted by Crippen LogP contribution is 2.25. The summed E-state index contributed by atoms with van der Waals surface area (Å²) in [5.41, 5.74) is 1.17. The Kier molecular flexibility index (Phi) is 5.12. The lowest BCUT2D eigenvalue weighted by molar-refractivity contribution is -0.114. The lowest BCUT2D eigenvalue weighted by atomic mass is 10.3. The maximum Gasteiger partial charge on any atom is 0.243 e. The average molecular weight is 330 g/mol. The van der Waals surface area contributed by atoms with Crippen LogP contribution in [-0.2, 0) is 4.79 Å². The molecule has 0 radical (unpaired) electrons. The Hall–Kier alpha value is -1.42. The third kappa shape index (κ3) is 4.04. The molecule has 0 saturated heterocycles. The SMILES string of the molecule is O=C(CNc1cc(Cl)ccc1Cl)Nc1ccccc1Cl. The van der Waals surface area contributed by atoms with E-state index >= 15 is 0 Å². The summed E-state index contributed by atoms with van der Waals surface area (Å²) in [5.74, 6) is -0.228. The topological polar surface area (TPSA) is 41.1 Å². The van der Waals surface area contributed by atoms with Gasteiger partial charge >= 0.3 is 0 Å².